The first kappa shape index (κ1) is 9.72. The van der Waals surface area contributed by atoms with Gasteiger partial charge in [0.05, 0.1) is 0 Å². The molecular formula is C10H19NO. The highest BCUT2D eigenvalue weighted by Crippen LogP contribution is 2.32. The van der Waals surface area contributed by atoms with E-state index in [9.17, 15) is 4.79 Å². The van der Waals surface area contributed by atoms with Gasteiger partial charge in [0.2, 0.25) is 0 Å². The van der Waals surface area contributed by atoms with Crippen LogP contribution in [0.1, 0.15) is 26.7 Å². The number of carbonyl (C=O) groups is 1. The minimum Gasteiger partial charge on any atom is -0.306 e. The molecule has 0 amide bonds. The average molecular weight is 169 g/mol. The van der Waals surface area contributed by atoms with Gasteiger partial charge in [-0.05, 0) is 38.9 Å². The van der Waals surface area contributed by atoms with Gasteiger partial charge in [-0.15, -0.1) is 0 Å². The first-order valence-corrected chi connectivity index (χ1v) is 4.71. The van der Waals surface area contributed by atoms with Crippen molar-refractivity contribution < 1.29 is 4.79 Å². The molecule has 0 aromatic heterocycles. The predicted molar refractivity (Wildman–Crippen MR) is 50.1 cm³/mol. The first-order chi connectivity index (χ1) is 5.56. The van der Waals surface area contributed by atoms with Crippen molar-refractivity contribution in [2.45, 2.75) is 26.7 Å². The summed E-state index contributed by atoms with van der Waals surface area (Å²) in [6.07, 6.45) is 3.45. The maximum absolute atomic E-state index is 10.8. The van der Waals surface area contributed by atoms with Crippen LogP contribution in [0.4, 0.5) is 0 Å². The van der Waals surface area contributed by atoms with Crippen molar-refractivity contribution in [1.29, 1.82) is 0 Å². The fraction of sp³-hybridized carbons (Fsp3) is 0.900. The van der Waals surface area contributed by atoms with Crippen LogP contribution >= 0.6 is 0 Å². The van der Waals surface area contributed by atoms with Crippen LogP contribution in [-0.4, -0.2) is 31.3 Å². The second-order valence-corrected chi connectivity index (χ2v) is 4.52. The number of hydrogen-bond donors (Lipinski definition) is 0. The lowest BCUT2D eigenvalue weighted by Crippen LogP contribution is -2.37. The highest BCUT2D eigenvalue weighted by Gasteiger charge is 2.31. The van der Waals surface area contributed by atoms with E-state index in [4.69, 9.17) is 0 Å². The molecule has 0 aromatic carbocycles. The van der Waals surface area contributed by atoms with E-state index in [2.05, 4.69) is 25.8 Å². The Kier molecular flexibility index (Phi) is 2.89. The Bertz CT molecular complexity index is 157. The van der Waals surface area contributed by atoms with Crippen LogP contribution in [0.3, 0.4) is 0 Å². The van der Waals surface area contributed by atoms with Gasteiger partial charge in [-0.3, -0.25) is 0 Å². The molecule has 0 N–H and O–H groups in total. The zero-order chi connectivity index (χ0) is 9.19. The lowest BCUT2D eigenvalue weighted by molar-refractivity contribution is -0.118. The molecule has 1 aliphatic heterocycles. The fourth-order valence-corrected chi connectivity index (χ4v) is 1.85. The van der Waals surface area contributed by atoms with Crippen molar-refractivity contribution >= 4 is 6.29 Å². The number of piperidine rings is 1. The first-order valence-electron chi connectivity index (χ1n) is 4.71. The molecule has 0 aliphatic carbocycles. The normalized spacial score (nSPS) is 22.6. The molecule has 1 fully saturated rings. The van der Waals surface area contributed by atoms with Crippen molar-refractivity contribution in [3.8, 4) is 0 Å². The SMILES string of the molecule is CN1CCC(C(C)(C)C=O)CC1. The molecule has 0 bridgehead atoms. The third-order valence-corrected chi connectivity index (χ3v) is 3.07. The van der Waals surface area contributed by atoms with E-state index in [1.54, 1.807) is 0 Å². The summed E-state index contributed by atoms with van der Waals surface area (Å²) in [5.74, 6) is 0.589. The summed E-state index contributed by atoms with van der Waals surface area (Å²) in [7, 11) is 2.14. The van der Waals surface area contributed by atoms with Gasteiger partial charge in [0, 0.05) is 5.41 Å². The summed E-state index contributed by atoms with van der Waals surface area (Å²) in [4.78, 5) is 13.1. The second kappa shape index (κ2) is 3.56. The van der Waals surface area contributed by atoms with E-state index in [1.165, 1.54) is 12.8 Å². The highest BCUT2D eigenvalue weighted by atomic mass is 16.1. The van der Waals surface area contributed by atoms with Gasteiger partial charge in [0.25, 0.3) is 0 Å². The van der Waals surface area contributed by atoms with E-state index in [0.717, 1.165) is 19.4 Å². The maximum atomic E-state index is 10.8. The molecule has 2 heteroatoms. The Hall–Kier alpha value is -0.370. The average Bonchev–Trinajstić information content (AvgIpc) is 2.05. The zero-order valence-electron chi connectivity index (χ0n) is 8.34. The maximum Gasteiger partial charge on any atom is 0.125 e. The Balaban J connectivity index is 2.49. The van der Waals surface area contributed by atoms with E-state index in [1.807, 2.05) is 0 Å². The van der Waals surface area contributed by atoms with Crippen molar-refractivity contribution in [3.05, 3.63) is 0 Å². The van der Waals surface area contributed by atoms with E-state index in [0.29, 0.717) is 5.92 Å². The van der Waals surface area contributed by atoms with E-state index >= 15 is 0 Å². The summed E-state index contributed by atoms with van der Waals surface area (Å²) >= 11 is 0. The monoisotopic (exact) mass is 169 g/mol. The van der Waals surface area contributed by atoms with Gasteiger partial charge < -0.3 is 9.69 Å². The standard InChI is InChI=1S/C10H19NO/c1-10(2,8-12)9-4-6-11(3)7-5-9/h8-9H,4-7H2,1-3H3. The molecule has 0 unspecified atom stereocenters. The molecule has 2 nitrogen and oxygen atoms in total. The molecule has 70 valence electrons. The van der Waals surface area contributed by atoms with Crippen molar-refractivity contribution in [2.24, 2.45) is 11.3 Å². The van der Waals surface area contributed by atoms with Crippen molar-refractivity contribution in [3.63, 3.8) is 0 Å². The molecular weight excluding hydrogens is 150 g/mol. The quantitative estimate of drug-likeness (QED) is 0.585. The van der Waals surface area contributed by atoms with Crippen LogP contribution < -0.4 is 0 Å². The van der Waals surface area contributed by atoms with Gasteiger partial charge in [-0.1, -0.05) is 13.8 Å². The van der Waals surface area contributed by atoms with Crippen LogP contribution in [0.5, 0.6) is 0 Å². The molecule has 1 saturated heterocycles. The number of rotatable bonds is 2. The summed E-state index contributed by atoms with van der Waals surface area (Å²) < 4.78 is 0. The lowest BCUT2D eigenvalue weighted by atomic mass is 9.75. The Morgan fingerprint density at radius 2 is 1.83 bits per heavy atom. The molecule has 12 heavy (non-hydrogen) atoms. The number of hydrogen-bond acceptors (Lipinski definition) is 2. The van der Waals surface area contributed by atoms with Crippen LogP contribution in [0.25, 0.3) is 0 Å². The summed E-state index contributed by atoms with van der Waals surface area (Å²) in [6.45, 7) is 6.38. The van der Waals surface area contributed by atoms with E-state index in [-0.39, 0.29) is 5.41 Å². The second-order valence-electron chi connectivity index (χ2n) is 4.52. The van der Waals surface area contributed by atoms with Crippen LogP contribution in [0.15, 0.2) is 0 Å². The van der Waals surface area contributed by atoms with Crippen molar-refractivity contribution in [1.82, 2.24) is 4.90 Å². The molecule has 0 radical (unpaired) electrons. The largest absolute Gasteiger partial charge is 0.306 e. The molecule has 0 aromatic rings. The molecule has 1 aliphatic rings. The smallest absolute Gasteiger partial charge is 0.125 e. The predicted octanol–water partition coefficient (Wildman–Crippen LogP) is 1.55. The topological polar surface area (TPSA) is 20.3 Å². The number of likely N-dealkylation sites (tertiary alicyclic amines) is 1. The van der Waals surface area contributed by atoms with Gasteiger partial charge in [0.1, 0.15) is 6.29 Å². The Morgan fingerprint density at radius 1 is 1.33 bits per heavy atom. The van der Waals surface area contributed by atoms with Crippen LogP contribution in [-0.2, 0) is 4.79 Å². The molecule has 0 atom stereocenters. The fourth-order valence-electron chi connectivity index (χ4n) is 1.85. The zero-order valence-corrected chi connectivity index (χ0v) is 8.34. The van der Waals surface area contributed by atoms with Gasteiger partial charge >= 0.3 is 0 Å². The van der Waals surface area contributed by atoms with Gasteiger partial charge in [-0.2, -0.15) is 0 Å². The number of nitrogens with zero attached hydrogens (tertiary/aromatic N) is 1. The number of aldehydes is 1. The van der Waals surface area contributed by atoms with Crippen LogP contribution in [0, 0.1) is 11.3 Å². The van der Waals surface area contributed by atoms with Gasteiger partial charge in [-0.25, -0.2) is 0 Å². The third-order valence-electron chi connectivity index (χ3n) is 3.07. The number of carbonyl (C=O) groups excluding carboxylic acids is 1. The summed E-state index contributed by atoms with van der Waals surface area (Å²) in [5.41, 5.74) is -0.110. The Labute approximate surface area is 74.9 Å². The molecule has 0 saturated carbocycles. The Morgan fingerprint density at radius 3 is 2.25 bits per heavy atom. The van der Waals surface area contributed by atoms with Crippen LogP contribution in [0.2, 0.25) is 0 Å². The minimum atomic E-state index is -0.110. The minimum absolute atomic E-state index is 0.110. The third kappa shape index (κ3) is 2.07. The van der Waals surface area contributed by atoms with Crippen molar-refractivity contribution in [2.75, 3.05) is 20.1 Å². The summed E-state index contributed by atoms with van der Waals surface area (Å²) in [6, 6.07) is 0. The molecule has 0 spiro atoms. The lowest BCUT2D eigenvalue weighted by Gasteiger charge is -2.36. The molecule has 1 heterocycles. The van der Waals surface area contributed by atoms with Gasteiger partial charge in [0.15, 0.2) is 0 Å². The molecule has 1 rings (SSSR count). The van der Waals surface area contributed by atoms with E-state index < -0.39 is 0 Å². The summed E-state index contributed by atoms with van der Waals surface area (Å²) in [5, 5.41) is 0. The highest BCUT2D eigenvalue weighted by molar-refractivity contribution is 5.58.